The van der Waals surface area contributed by atoms with E-state index in [-0.39, 0.29) is 23.9 Å². The van der Waals surface area contributed by atoms with Gasteiger partial charge in [0.05, 0.1) is 5.57 Å². The van der Waals surface area contributed by atoms with Crippen LogP contribution >= 0.6 is 15.9 Å². The predicted molar refractivity (Wildman–Crippen MR) is 55.9 cm³/mol. The molecule has 0 atom stereocenters. The van der Waals surface area contributed by atoms with Crippen LogP contribution in [0.1, 0.15) is 12.8 Å². The quantitative estimate of drug-likeness (QED) is 0.651. The highest BCUT2D eigenvalue weighted by molar-refractivity contribution is 9.12. The maximum Gasteiger partial charge on any atom is 0.417 e. The summed E-state index contributed by atoms with van der Waals surface area (Å²) in [7, 11) is 0. The van der Waals surface area contributed by atoms with Gasteiger partial charge in [-0.15, -0.1) is 0 Å². The van der Waals surface area contributed by atoms with Crippen molar-refractivity contribution in [2.45, 2.75) is 30.7 Å². The maximum absolute atomic E-state index is 12.8. The lowest BCUT2D eigenvalue weighted by molar-refractivity contribution is -0.188. The highest BCUT2D eigenvalue weighted by atomic mass is 79.9. The van der Waals surface area contributed by atoms with E-state index in [0.29, 0.717) is 0 Å². The molecule has 0 bridgehead atoms. The Morgan fingerprint density at radius 3 is 2.00 bits per heavy atom. The Morgan fingerprint density at radius 2 is 1.67 bits per heavy atom. The second kappa shape index (κ2) is 3.91. The standard InChI is InChI=1S/C10H8BrF6N/c11-7-5-18(4-1-6(7)9(12,13)14)8(2-3-8)10(15,16)17/h1,5H,2-4H2. The average molecular weight is 336 g/mol. The fourth-order valence-electron chi connectivity index (χ4n) is 1.95. The van der Waals surface area contributed by atoms with Crippen LogP contribution in [0.25, 0.3) is 0 Å². The zero-order chi connectivity index (χ0) is 13.8. The van der Waals surface area contributed by atoms with Gasteiger partial charge < -0.3 is 4.90 Å². The molecule has 8 heteroatoms. The first-order valence-corrected chi connectivity index (χ1v) is 5.86. The molecule has 0 saturated heterocycles. The van der Waals surface area contributed by atoms with Crippen LogP contribution in [0.3, 0.4) is 0 Å². The van der Waals surface area contributed by atoms with Crippen LogP contribution in [0.15, 0.2) is 22.3 Å². The summed E-state index contributed by atoms with van der Waals surface area (Å²) in [6.07, 6.45) is -7.49. The highest BCUT2D eigenvalue weighted by Crippen LogP contribution is 2.55. The summed E-state index contributed by atoms with van der Waals surface area (Å²) in [5.41, 5.74) is -2.92. The van der Waals surface area contributed by atoms with E-state index in [1.807, 2.05) is 0 Å². The number of rotatable bonds is 1. The Balaban J connectivity index is 2.23. The van der Waals surface area contributed by atoms with Crippen LogP contribution < -0.4 is 0 Å². The largest absolute Gasteiger partial charge is 0.417 e. The molecule has 1 nitrogen and oxygen atoms in total. The van der Waals surface area contributed by atoms with E-state index < -0.39 is 23.5 Å². The minimum Gasteiger partial charge on any atom is -0.359 e. The first kappa shape index (κ1) is 13.8. The first-order valence-electron chi connectivity index (χ1n) is 5.06. The van der Waals surface area contributed by atoms with E-state index in [9.17, 15) is 26.3 Å². The van der Waals surface area contributed by atoms with Gasteiger partial charge >= 0.3 is 12.4 Å². The van der Waals surface area contributed by atoms with Crippen LogP contribution in [-0.2, 0) is 0 Å². The first-order chi connectivity index (χ1) is 8.08. The molecule has 0 aromatic heterocycles. The molecule has 0 radical (unpaired) electrons. The fourth-order valence-corrected chi connectivity index (χ4v) is 2.58. The van der Waals surface area contributed by atoms with Crippen molar-refractivity contribution in [3.05, 3.63) is 22.3 Å². The summed E-state index contributed by atoms with van der Waals surface area (Å²) in [5.74, 6) is 0. The topological polar surface area (TPSA) is 3.24 Å². The minimum absolute atomic E-state index is 0.0809. The smallest absolute Gasteiger partial charge is 0.359 e. The maximum atomic E-state index is 12.8. The monoisotopic (exact) mass is 335 g/mol. The molecule has 0 amide bonds. The number of halogens is 7. The van der Waals surface area contributed by atoms with Crippen molar-refractivity contribution in [3.8, 4) is 0 Å². The Hall–Kier alpha value is -0.660. The van der Waals surface area contributed by atoms with Gasteiger partial charge in [0, 0.05) is 17.2 Å². The van der Waals surface area contributed by atoms with Gasteiger partial charge in [-0.25, -0.2) is 0 Å². The molecular formula is C10H8BrF6N. The van der Waals surface area contributed by atoms with Crippen molar-refractivity contribution in [2.24, 2.45) is 0 Å². The van der Waals surface area contributed by atoms with E-state index in [0.717, 1.165) is 17.2 Å². The second-order valence-electron chi connectivity index (χ2n) is 4.27. The van der Waals surface area contributed by atoms with Crippen LogP contribution in [0.2, 0.25) is 0 Å². The molecule has 1 aliphatic carbocycles. The third kappa shape index (κ3) is 2.15. The SMILES string of the molecule is FC(F)(F)C1=CCN(C2(C(F)(F)F)CC2)C=C1Br. The number of nitrogens with zero attached hydrogens (tertiary/aromatic N) is 1. The Labute approximate surface area is 107 Å². The molecule has 1 saturated carbocycles. The predicted octanol–water partition coefficient (Wildman–Crippen LogP) is 4.12. The Kier molecular flexibility index (Phi) is 2.99. The van der Waals surface area contributed by atoms with Crippen LogP contribution in [0.5, 0.6) is 0 Å². The molecule has 0 N–H and O–H groups in total. The Morgan fingerprint density at radius 1 is 1.11 bits per heavy atom. The van der Waals surface area contributed by atoms with Crippen molar-refractivity contribution in [2.75, 3.05) is 6.54 Å². The molecule has 0 aromatic rings. The number of hydrogen-bond acceptors (Lipinski definition) is 1. The van der Waals surface area contributed by atoms with Crippen molar-refractivity contribution in [1.29, 1.82) is 0 Å². The fraction of sp³-hybridized carbons (Fsp3) is 0.600. The van der Waals surface area contributed by atoms with E-state index in [2.05, 4.69) is 15.9 Å². The van der Waals surface area contributed by atoms with Gasteiger partial charge in [0.2, 0.25) is 0 Å². The van der Waals surface area contributed by atoms with Gasteiger partial charge in [0.25, 0.3) is 0 Å². The van der Waals surface area contributed by atoms with Gasteiger partial charge in [-0.3, -0.25) is 0 Å². The van der Waals surface area contributed by atoms with E-state index in [1.54, 1.807) is 0 Å². The van der Waals surface area contributed by atoms with Crippen LogP contribution in [0, 0.1) is 0 Å². The van der Waals surface area contributed by atoms with E-state index >= 15 is 0 Å². The molecular weight excluding hydrogens is 328 g/mol. The molecule has 1 heterocycles. The molecule has 0 spiro atoms. The lowest BCUT2D eigenvalue weighted by atomic mass is 10.1. The normalized spacial score (nSPS) is 23.6. The van der Waals surface area contributed by atoms with Crippen molar-refractivity contribution >= 4 is 15.9 Å². The molecule has 0 aromatic carbocycles. The van der Waals surface area contributed by atoms with Gasteiger partial charge in [0.15, 0.2) is 0 Å². The molecule has 2 aliphatic rings. The third-order valence-electron chi connectivity index (χ3n) is 3.13. The molecule has 1 aliphatic heterocycles. The number of hydrogen-bond donors (Lipinski definition) is 0. The molecule has 0 unspecified atom stereocenters. The van der Waals surface area contributed by atoms with Crippen LogP contribution in [0.4, 0.5) is 26.3 Å². The van der Waals surface area contributed by atoms with Crippen LogP contribution in [-0.4, -0.2) is 29.3 Å². The van der Waals surface area contributed by atoms with E-state index in [4.69, 9.17) is 0 Å². The van der Waals surface area contributed by atoms with Crippen molar-refractivity contribution < 1.29 is 26.3 Å². The summed E-state index contributed by atoms with van der Waals surface area (Å²) >= 11 is 2.68. The van der Waals surface area contributed by atoms with Gasteiger partial charge in [-0.1, -0.05) is 6.08 Å². The van der Waals surface area contributed by atoms with Gasteiger partial charge in [0.1, 0.15) is 5.54 Å². The van der Waals surface area contributed by atoms with Crippen molar-refractivity contribution in [3.63, 3.8) is 0 Å². The Bertz CT molecular complexity index is 415. The average Bonchev–Trinajstić information content (AvgIpc) is 2.94. The third-order valence-corrected chi connectivity index (χ3v) is 3.76. The van der Waals surface area contributed by atoms with Gasteiger partial charge in [-0.05, 0) is 28.8 Å². The summed E-state index contributed by atoms with van der Waals surface area (Å²) in [4.78, 5) is 0.923. The summed E-state index contributed by atoms with van der Waals surface area (Å²) < 4.78 is 75.5. The molecule has 1 fully saturated rings. The highest BCUT2D eigenvalue weighted by Gasteiger charge is 2.66. The van der Waals surface area contributed by atoms with E-state index in [1.165, 1.54) is 0 Å². The molecule has 2 rings (SSSR count). The minimum atomic E-state index is -4.56. The molecule has 18 heavy (non-hydrogen) atoms. The zero-order valence-electron chi connectivity index (χ0n) is 8.87. The summed E-state index contributed by atoms with van der Waals surface area (Å²) in [6, 6.07) is 0. The summed E-state index contributed by atoms with van der Waals surface area (Å²) in [5, 5.41) is 0. The van der Waals surface area contributed by atoms with Crippen molar-refractivity contribution in [1.82, 2.24) is 4.90 Å². The second-order valence-corrected chi connectivity index (χ2v) is 5.13. The number of allylic oxidation sites excluding steroid dienone is 2. The lowest BCUT2D eigenvalue weighted by Crippen LogP contribution is -2.46. The lowest BCUT2D eigenvalue weighted by Gasteiger charge is -2.34. The molecule has 102 valence electrons. The summed E-state index contributed by atoms with van der Waals surface area (Å²) in [6.45, 7) is -0.385. The number of alkyl halides is 6. The van der Waals surface area contributed by atoms with Gasteiger partial charge in [-0.2, -0.15) is 26.3 Å². The zero-order valence-corrected chi connectivity index (χ0v) is 10.5.